The Bertz CT molecular complexity index is 1310. The number of fused-ring (bicyclic) bond motifs is 1. The molecular weight excluding hydrogens is 422 g/mol. The van der Waals surface area contributed by atoms with Gasteiger partial charge in [0.15, 0.2) is 5.82 Å². The maximum absolute atomic E-state index is 12.8. The van der Waals surface area contributed by atoms with Gasteiger partial charge >= 0.3 is 0 Å². The van der Waals surface area contributed by atoms with Crippen molar-refractivity contribution in [3.05, 3.63) is 82.7 Å². The summed E-state index contributed by atoms with van der Waals surface area (Å²) in [6, 6.07) is 11.7. The lowest BCUT2D eigenvalue weighted by Gasteiger charge is -2.09. The molecule has 0 radical (unpaired) electrons. The first-order valence-electron chi connectivity index (χ1n) is 10.7. The van der Waals surface area contributed by atoms with Gasteiger partial charge in [0.2, 0.25) is 0 Å². The molecule has 0 spiro atoms. The first kappa shape index (κ1) is 20.6. The molecule has 33 heavy (non-hydrogen) atoms. The first-order valence-corrected chi connectivity index (χ1v) is 10.7. The van der Waals surface area contributed by atoms with Gasteiger partial charge in [-0.1, -0.05) is 6.42 Å². The lowest BCUT2D eigenvalue weighted by atomic mass is 10.1. The second-order valence-electron chi connectivity index (χ2n) is 7.86. The highest BCUT2D eigenvalue weighted by Gasteiger charge is 2.19. The number of benzene rings is 2. The number of nitrogens with one attached hydrogen (secondary N) is 1. The van der Waals surface area contributed by atoms with Crippen LogP contribution < -0.4 is 5.32 Å². The maximum Gasteiger partial charge on any atom is 0.294 e. The molecule has 0 saturated carbocycles. The van der Waals surface area contributed by atoms with E-state index < -0.39 is 10.8 Å². The Balaban J connectivity index is 1.35. The molecule has 1 aliphatic rings. The van der Waals surface area contributed by atoms with E-state index in [0.29, 0.717) is 11.4 Å². The van der Waals surface area contributed by atoms with E-state index in [2.05, 4.69) is 25.1 Å². The molecule has 0 bridgehead atoms. The number of amides is 1. The summed E-state index contributed by atoms with van der Waals surface area (Å²) in [5.74, 6) is 1.41. The van der Waals surface area contributed by atoms with Gasteiger partial charge in [-0.15, -0.1) is 10.2 Å². The highest BCUT2D eigenvalue weighted by molar-refractivity contribution is 6.05. The predicted molar refractivity (Wildman–Crippen MR) is 121 cm³/mol. The largest absolute Gasteiger partial charge is 0.322 e. The summed E-state index contributed by atoms with van der Waals surface area (Å²) in [6.07, 6.45) is 8.98. The van der Waals surface area contributed by atoms with Crippen molar-refractivity contribution in [2.45, 2.75) is 32.2 Å². The molecule has 3 heterocycles. The van der Waals surface area contributed by atoms with Gasteiger partial charge in [0.05, 0.1) is 11.3 Å². The lowest BCUT2D eigenvalue weighted by molar-refractivity contribution is -0.384. The monoisotopic (exact) mass is 443 g/mol. The average molecular weight is 443 g/mol. The third-order valence-corrected chi connectivity index (χ3v) is 5.73. The van der Waals surface area contributed by atoms with Crippen molar-refractivity contribution < 1.29 is 9.72 Å². The molecule has 0 unspecified atom stereocenters. The van der Waals surface area contributed by atoms with Crippen LogP contribution in [0, 0.1) is 10.1 Å². The highest BCUT2D eigenvalue weighted by Crippen LogP contribution is 2.26. The molecule has 2 aromatic heterocycles. The topological polar surface area (TPSA) is 121 Å². The molecule has 4 aromatic rings. The van der Waals surface area contributed by atoms with E-state index >= 15 is 0 Å². The van der Waals surface area contributed by atoms with Crippen molar-refractivity contribution in [2.24, 2.45) is 0 Å². The van der Waals surface area contributed by atoms with Crippen LogP contribution in [0.2, 0.25) is 0 Å². The predicted octanol–water partition coefficient (Wildman–Crippen LogP) is 4.02. The summed E-state index contributed by atoms with van der Waals surface area (Å²) in [5.41, 5.74) is 1.86. The molecule has 10 nitrogen and oxygen atoms in total. The number of aryl methyl sites for hydroxylation is 1. The first-order chi connectivity index (χ1) is 16.1. The standard InChI is InChI=1S/C23H21N7O3/c31-23(17-7-10-19(20(14-17)30(32)33)28-13-11-24-15-28)25-18-8-5-16(6-9-18)22-27-26-21-4-2-1-3-12-29(21)22/h5-11,13-15H,1-4,12H2,(H,25,31). The summed E-state index contributed by atoms with van der Waals surface area (Å²) < 4.78 is 3.70. The van der Waals surface area contributed by atoms with E-state index in [1.165, 1.54) is 35.6 Å². The zero-order valence-electron chi connectivity index (χ0n) is 17.7. The van der Waals surface area contributed by atoms with Gasteiger partial charge in [-0.05, 0) is 49.2 Å². The molecule has 0 saturated heterocycles. The highest BCUT2D eigenvalue weighted by atomic mass is 16.6. The van der Waals surface area contributed by atoms with Gasteiger partial charge in [-0.25, -0.2) is 4.98 Å². The van der Waals surface area contributed by atoms with Crippen LogP contribution in [0.3, 0.4) is 0 Å². The fraction of sp³-hybridized carbons (Fsp3) is 0.217. The molecule has 2 aromatic carbocycles. The Morgan fingerprint density at radius 1 is 1.06 bits per heavy atom. The number of carbonyl (C=O) groups excluding carboxylic acids is 1. The summed E-state index contributed by atoms with van der Waals surface area (Å²) in [6.45, 7) is 0.907. The van der Waals surface area contributed by atoms with E-state index in [1.54, 1.807) is 24.4 Å². The number of rotatable bonds is 5. The zero-order valence-corrected chi connectivity index (χ0v) is 17.7. The Kier molecular flexibility index (Phi) is 5.39. The molecule has 10 heteroatoms. The number of nitro groups is 1. The fourth-order valence-corrected chi connectivity index (χ4v) is 4.04. The van der Waals surface area contributed by atoms with E-state index in [9.17, 15) is 14.9 Å². The van der Waals surface area contributed by atoms with Crippen LogP contribution in [0.4, 0.5) is 11.4 Å². The van der Waals surface area contributed by atoms with Crippen LogP contribution in [0.15, 0.2) is 61.2 Å². The summed E-state index contributed by atoms with van der Waals surface area (Å²) in [7, 11) is 0. The second-order valence-corrected chi connectivity index (χ2v) is 7.86. The fourth-order valence-electron chi connectivity index (χ4n) is 4.04. The molecular formula is C23H21N7O3. The van der Waals surface area contributed by atoms with E-state index in [1.807, 2.05) is 12.1 Å². The van der Waals surface area contributed by atoms with Crippen molar-refractivity contribution in [2.75, 3.05) is 5.32 Å². The van der Waals surface area contributed by atoms with Crippen molar-refractivity contribution in [1.29, 1.82) is 0 Å². The summed E-state index contributed by atoms with van der Waals surface area (Å²) in [5, 5.41) is 23.0. The Hall–Kier alpha value is -4.34. The van der Waals surface area contributed by atoms with Crippen LogP contribution in [0.5, 0.6) is 0 Å². The van der Waals surface area contributed by atoms with E-state index in [-0.39, 0.29) is 11.3 Å². The summed E-state index contributed by atoms with van der Waals surface area (Å²) in [4.78, 5) is 27.7. The molecule has 0 fully saturated rings. The normalized spacial score (nSPS) is 13.2. The van der Waals surface area contributed by atoms with Crippen molar-refractivity contribution in [1.82, 2.24) is 24.3 Å². The molecule has 1 aliphatic heterocycles. The molecule has 1 amide bonds. The number of carbonyl (C=O) groups is 1. The van der Waals surface area contributed by atoms with Crippen LogP contribution >= 0.6 is 0 Å². The van der Waals surface area contributed by atoms with Gasteiger partial charge in [0.1, 0.15) is 11.5 Å². The van der Waals surface area contributed by atoms with Crippen LogP contribution in [0.1, 0.15) is 35.4 Å². The number of hydrogen-bond donors (Lipinski definition) is 1. The molecule has 166 valence electrons. The number of hydrogen-bond acceptors (Lipinski definition) is 6. The van der Waals surface area contributed by atoms with Gasteiger partial charge < -0.3 is 14.5 Å². The maximum atomic E-state index is 12.8. The quantitative estimate of drug-likeness (QED) is 0.367. The molecule has 5 rings (SSSR count). The van der Waals surface area contributed by atoms with Crippen molar-refractivity contribution in [3.63, 3.8) is 0 Å². The van der Waals surface area contributed by atoms with Crippen LogP contribution in [0.25, 0.3) is 17.1 Å². The number of anilines is 1. The Morgan fingerprint density at radius 3 is 2.67 bits per heavy atom. The lowest BCUT2D eigenvalue weighted by Crippen LogP contribution is -2.12. The van der Waals surface area contributed by atoms with Gasteiger partial charge in [0, 0.05) is 48.2 Å². The van der Waals surface area contributed by atoms with E-state index in [4.69, 9.17) is 0 Å². The summed E-state index contributed by atoms with van der Waals surface area (Å²) >= 11 is 0. The SMILES string of the molecule is O=C(Nc1ccc(-c2nnc3n2CCCCC3)cc1)c1ccc(-n2ccnc2)c([N+](=O)[O-])c1. The third-order valence-electron chi connectivity index (χ3n) is 5.73. The van der Waals surface area contributed by atoms with Crippen molar-refractivity contribution in [3.8, 4) is 17.1 Å². The molecule has 1 N–H and O–H groups in total. The minimum Gasteiger partial charge on any atom is -0.322 e. The zero-order chi connectivity index (χ0) is 22.8. The number of imidazole rings is 1. The minimum absolute atomic E-state index is 0.177. The van der Waals surface area contributed by atoms with Crippen molar-refractivity contribution >= 4 is 17.3 Å². The van der Waals surface area contributed by atoms with Crippen LogP contribution in [-0.2, 0) is 13.0 Å². The Morgan fingerprint density at radius 2 is 1.91 bits per heavy atom. The Labute approximate surface area is 189 Å². The van der Waals surface area contributed by atoms with Gasteiger partial charge in [0.25, 0.3) is 11.6 Å². The number of aromatic nitrogens is 5. The van der Waals surface area contributed by atoms with Gasteiger partial charge in [-0.2, -0.15) is 0 Å². The van der Waals surface area contributed by atoms with E-state index in [0.717, 1.165) is 43.0 Å². The van der Waals surface area contributed by atoms with Crippen LogP contribution in [-0.4, -0.2) is 35.1 Å². The van der Waals surface area contributed by atoms with Gasteiger partial charge in [-0.3, -0.25) is 14.9 Å². The average Bonchev–Trinajstić information content (AvgIpc) is 3.44. The molecule has 0 atom stereocenters. The minimum atomic E-state index is -0.512. The smallest absolute Gasteiger partial charge is 0.294 e. The molecule has 0 aliphatic carbocycles. The number of nitro benzene ring substituents is 1. The third kappa shape index (κ3) is 4.10. The second kappa shape index (κ2) is 8.65. The number of nitrogens with zero attached hydrogens (tertiary/aromatic N) is 6.